The number of carbonyl (C=O) groups excluding carboxylic acids is 1. The van der Waals surface area contributed by atoms with E-state index in [1.54, 1.807) is 11.3 Å². The minimum Gasteiger partial charge on any atom is -0.469 e. The SMILES string of the molecule is COC(=O)C(C(C)C)C1(c2sccc2C)COC1. The second kappa shape index (κ2) is 5.02. The molecular formula is C14H20O3S. The maximum absolute atomic E-state index is 12.1. The van der Waals surface area contributed by atoms with Crippen molar-refractivity contribution in [1.82, 2.24) is 0 Å². The lowest BCUT2D eigenvalue weighted by atomic mass is 9.67. The molecule has 0 spiro atoms. The zero-order chi connectivity index (χ0) is 13.3. The van der Waals surface area contributed by atoms with Gasteiger partial charge in [0.2, 0.25) is 0 Å². The van der Waals surface area contributed by atoms with Crippen molar-refractivity contribution in [2.75, 3.05) is 20.3 Å². The molecule has 0 bridgehead atoms. The first-order chi connectivity index (χ1) is 8.53. The van der Waals surface area contributed by atoms with Crippen LogP contribution in [0.3, 0.4) is 0 Å². The van der Waals surface area contributed by atoms with E-state index in [0.29, 0.717) is 13.2 Å². The number of thiophene rings is 1. The van der Waals surface area contributed by atoms with Crippen molar-refractivity contribution in [3.8, 4) is 0 Å². The molecule has 1 aromatic heterocycles. The summed E-state index contributed by atoms with van der Waals surface area (Å²) in [5.74, 6) is -0.0162. The van der Waals surface area contributed by atoms with Crippen molar-refractivity contribution >= 4 is 17.3 Å². The summed E-state index contributed by atoms with van der Waals surface area (Å²) >= 11 is 1.72. The predicted octanol–water partition coefficient (Wildman–Crippen LogP) is 2.77. The number of aryl methyl sites for hydroxylation is 1. The van der Waals surface area contributed by atoms with Gasteiger partial charge in [-0.15, -0.1) is 11.3 Å². The van der Waals surface area contributed by atoms with Crippen molar-refractivity contribution in [2.45, 2.75) is 26.2 Å². The number of carbonyl (C=O) groups is 1. The molecule has 1 unspecified atom stereocenters. The van der Waals surface area contributed by atoms with Crippen LogP contribution >= 0.6 is 11.3 Å². The largest absolute Gasteiger partial charge is 0.469 e. The number of esters is 1. The molecule has 18 heavy (non-hydrogen) atoms. The smallest absolute Gasteiger partial charge is 0.310 e. The summed E-state index contributed by atoms with van der Waals surface area (Å²) in [6, 6.07) is 2.11. The summed E-state index contributed by atoms with van der Waals surface area (Å²) < 4.78 is 10.4. The van der Waals surface area contributed by atoms with Gasteiger partial charge in [-0.1, -0.05) is 13.8 Å². The Balaban J connectivity index is 2.42. The summed E-state index contributed by atoms with van der Waals surface area (Å²) in [6.45, 7) is 7.48. The molecule has 0 radical (unpaired) electrons. The molecule has 3 nitrogen and oxygen atoms in total. The van der Waals surface area contributed by atoms with E-state index in [0.717, 1.165) is 0 Å². The fraction of sp³-hybridized carbons (Fsp3) is 0.643. The molecule has 1 fully saturated rings. The molecule has 100 valence electrons. The Morgan fingerprint density at radius 3 is 2.50 bits per heavy atom. The molecule has 1 saturated heterocycles. The first kappa shape index (κ1) is 13.6. The van der Waals surface area contributed by atoms with Crippen LogP contribution in [0.15, 0.2) is 11.4 Å². The van der Waals surface area contributed by atoms with Crippen molar-refractivity contribution < 1.29 is 14.3 Å². The highest BCUT2D eigenvalue weighted by molar-refractivity contribution is 7.10. The van der Waals surface area contributed by atoms with Crippen LogP contribution in [-0.2, 0) is 19.7 Å². The second-order valence-electron chi connectivity index (χ2n) is 5.33. The van der Waals surface area contributed by atoms with Gasteiger partial charge in [-0.2, -0.15) is 0 Å². The fourth-order valence-electron chi connectivity index (χ4n) is 2.92. The lowest BCUT2D eigenvalue weighted by Crippen LogP contribution is -2.56. The van der Waals surface area contributed by atoms with Crippen molar-refractivity contribution in [3.63, 3.8) is 0 Å². The summed E-state index contributed by atoms with van der Waals surface area (Å²) in [5.41, 5.74) is 1.07. The Morgan fingerprint density at radius 1 is 1.50 bits per heavy atom. The van der Waals surface area contributed by atoms with Crippen molar-refractivity contribution in [2.24, 2.45) is 11.8 Å². The molecule has 0 aromatic carbocycles. The van der Waals surface area contributed by atoms with Gasteiger partial charge in [0.15, 0.2) is 0 Å². The quantitative estimate of drug-likeness (QED) is 0.788. The number of hydrogen-bond acceptors (Lipinski definition) is 4. The summed E-state index contributed by atoms with van der Waals surface area (Å²) in [7, 11) is 1.46. The van der Waals surface area contributed by atoms with Crippen LogP contribution < -0.4 is 0 Å². The van der Waals surface area contributed by atoms with Crippen LogP contribution in [0, 0.1) is 18.8 Å². The van der Waals surface area contributed by atoms with E-state index >= 15 is 0 Å². The third-order valence-corrected chi connectivity index (χ3v) is 4.99. The van der Waals surface area contributed by atoms with Crippen molar-refractivity contribution in [1.29, 1.82) is 0 Å². The zero-order valence-electron chi connectivity index (χ0n) is 11.4. The topological polar surface area (TPSA) is 35.5 Å². The molecule has 1 aliphatic rings. The van der Waals surface area contributed by atoms with E-state index in [4.69, 9.17) is 9.47 Å². The number of rotatable bonds is 4. The molecule has 0 aliphatic carbocycles. The molecule has 2 heterocycles. The van der Waals surface area contributed by atoms with Crippen molar-refractivity contribution in [3.05, 3.63) is 21.9 Å². The minimum absolute atomic E-state index is 0.124. The Hall–Kier alpha value is -0.870. The molecule has 1 aromatic rings. The Kier molecular flexibility index (Phi) is 3.78. The van der Waals surface area contributed by atoms with Gasteiger partial charge in [-0.05, 0) is 29.9 Å². The number of methoxy groups -OCH3 is 1. The summed E-state index contributed by atoms with van der Waals surface area (Å²) in [5, 5.41) is 2.08. The van der Waals surface area contributed by atoms with Crippen LogP contribution in [0.1, 0.15) is 24.3 Å². The van der Waals surface area contributed by atoms with Gasteiger partial charge >= 0.3 is 5.97 Å². The van der Waals surface area contributed by atoms with Gasteiger partial charge in [0.25, 0.3) is 0 Å². The molecule has 1 aliphatic heterocycles. The lowest BCUT2D eigenvalue weighted by molar-refractivity contribution is -0.164. The zero-order valence-corrected chi connectivity index (χ0v) is 12.2. The maximum atomic E-state index is 12.1. The highest BCUT2D eigenvalue weighted by atomic mass is 32.1. The Labute approximate surface area is 112 Å². The molecule has 2 rings (SSSR count). The highest BCUT2D eigenvalue weighted by Gasteiger charge is 2.53. The van der Waals surface area contributed by atoms with Crippen LogP contribution in [0.25, 0.3) is 0 Å². The third kappa shape index (κ3) is 1.97. The Bertz CT molecular complexity index is 432. The van der Waals surface area contributed by atoms with E-state index in [1.807, 2.05) is 0 Å². The van der Waals surface area contributed by atoms with Gasteiger partial charge < -0.3 is 9.47 Å². The van der Waals surface area contributed by atoms with Gasteiger partial charge in [0.1, 0.15) is 0 Å². The average Bonchev–Trinajstić information content (AvgIpc) is 2.68. The standard InChI is InChI=1S/C14H20O3S/c1-9(2)11(13(15)16-4)14(7-17-8-14)12-10(3)5-6-18-12/h5-6,9,11H,7-8H2,1-4H3. The molecule has 4 heteroatoms. The molecule has 0 amide bonds. The van der Waals surface area contributed by atoms with Gasteiger partial charge in [-0.3, -0.25) is 4.79 Å². The van der Waals surface area contributed by atoms with E-state index < -0.39 is 0 Å². The fourth-order valence-corrected chi connectivity index (χ4v) is 4.06. The monoisotopic (exact) mass is 268 g/mol. The van der Waals surface area contributed by atoms with Crippen LogP contribution in [0.4, 0.5) is 0 Å². The predicted molar refractivity (Wildman–Crippen MR) is 71.9 cm³/mol. The number of ether oxygens (including phenoxy) is 2. The van der Waals surface area contributed by atoms with Gasteiger partial charge in [0, 0.05) is 4.88 Å². The first-order valence-electron chi connectivity index (χ1n) is 6.23. The average molecular weight is 268 g/mol. The number of hydrogen-bond donors (Lipinski definition) is 0. The van der Waals surface area contributed by atoms with Crippen LogP contribution in [0.5, 0.6) is 0 Å². The maximum Gasteiger partial charge on any atom is 0.310 e. The lowest BCUT2D eigenvalue weighted by Gasteiger charge is -2.47. The van der Waals surface area contributed by atoms with Crippen LogP contribution in [-0.4, -0.2) is 26.3 Å². The van der Waals surface area contributed by atoms with Gasteiger partial charge in [-0.25, -0.2) is 0 Å². The van der Waals surface area contributed by atoms with E-state index in [1.165, 1.54) is 17.6 Å². The molecule has 0 saturated carbocycles. The summed E-state index contributed by atoms with van der Waals surface area (Å²) in [4.78, 5) is 13.4. The molecule has 1 atom stereocenters. The Morgan fingerprint density at radius 2 is 2.17 bits per heavy atom. The van der Waals surface area contributed by atoms with E-state index in [-0.39, 0.29) is 23.2 Å². The molecule has 0 N–H and O–H groups in total. The third-order valence-electron chi connectivity index (χ3n) is 3.75. The molecular weight excluding hydrogens is 248 g/mol. The second-order valence-corrected chi connectivity index (χ2v) is 6.24. The first-order valence-corrected chi connectivity index (χ1v) is 7.11. The van der Waals surface area contributed by atoms with E-state index in [9.17, 15) is 4.79 Å². The van der Waals surface area contributed by atoms with Crippen LogP contribution in [0.2, 0.25) is 0 Å². The highest BCUT2D eigenvalue weighted by Crippen LogP contribution is 2.46. The van der Waals surface area contributed by atoms with E-state index in [2.05, 4.69) is 32.2 Å². The minimum atomic E-state index is -0.181. The van der Waals surface area contributed by atoms with Gasteiger partial charge in [0.05, 0.1) is 31.7 Å². The normalized spacial score (nSPS) is 19.4. The summed E-state index contributed by atoms with van der Waals surface area (Å²) in [6.07, 6.45) is 0.